The van der Waals surface area contributed by atoms with Crippen LogP contribution < -0.4 is 0 Å². The fourth-order valence-electron chi connectivity index (χ4n) is 1.63. The van der Waals surface area contributed by atoms with E-state index < -0.39 is 0 Å². The molecule has 1 rings (SSSR count). The monoisotopic (exact) mass is 195 g/mol. The van der Waals surface area contributed by atoms with Gasteiger partial charge in [0.25, 0.3) is 0 Å². The van der Waals surface area contributed by atoms with E-state index >= 15 is 0 Å². The van der Waals surface area contributed by atoms with Crippen LogP contribution in [0.15, 0.2) is 0 Å². The third-order valence-corrected chi connectivity index (χ3v) is 2.53. The molecule has 0 aromatic rings. The maximum atomic E-state index is 5.33. The van der Waals surface area contributed by atoms with Crippen molar-refractivity contribution in [3.05, 3.63) is 0 Å². The van der Waals surface area contributed by atoms with Gasteiger partial charge in [-0.25, -0.2) is 0 Å². The molecular formula is C12H21NO. The molecule has 0 radical (unpaired) electrons. The van der Waals surface area contributed by atoms with E-state index in [0.29, 0.717) is 12.0 Å². The predicted octanol–water partition coefficient (Wildman–Crippen LogP) is 1.76. The van der Waals surface area contributed by atoms with Crippen molar-refractivity contribution in [2.75, 3.05) is 26.8 Å². The van der Waals surface area contributed by atoms with E-state index in [9.17, 15) is 0 Å². The lowest BCUT2D eigenvalue weighted by molar-refractivity contribution is 0.0471. The zero-order chi connectivity index (χ0) is 10.4. The van der Waals surface area contributed by atoms with Gasteiger partial charge in [0, 0.05) is 25.2 Å². The van der Waals surface area contributed by atoms with Gasteiger partial charge in [-0.1, -0.05) is 25.7 Å². The minimum absolute atomic E-state index is 0.484. The smallest absolute Gasteiger partial charge is 0.0601 e. The van der Waals surface area contributed by atoms with Crippen molar-refractivity contribution < 1.29 is 4.74 Å². The SMILES string of the molecule is CC(C)C#CCN(C)C1CCOCC1. The van der Waals surface area contributed by atoms with Crippen LogP contribution >= 0.6 is 0 Å². The molecule has 1 aliphatic rings. The highest BCUT2D eigenvalue weighted by molar-refractivity contribution is 5.03. The number of hydrogen-bond acceptors (Lipinski definition) is 2. The van der Waals surface area contributed by atoms with Crippen molar-refractivity contribution in [1.29, 1.82) is 0 Å². The number of hydrogen-bond donors (Lipinski definition) is 0. The van der Waals surface area contributed by atoms with Crippen LogP contribution in [0.2, 0.25) is 0 Å². The Hall–Kier alpha value is -0.520. The van der Waals surface area contributed by atoms with Crippen LogP contribution in [0, 0.1) is 17.8 Å². The van der Waals surface area contributed by atoms with Crippen LogP contribution in [0.4, 0.5) is 0 Å². The molecule has 1 saturated heterocycles. The summed E-state index contributed by atoms with van der Waals surface area (Å²) in [5.41, 5.74) is 0. The second-order valence-electron chi connectivity index (χ2n) is 4.23. The summed E-state index contributed by atoms with van der Waals surface area (Å²) in [6.45, 7) is 6.96. The molecule has 0 saturated carbocycles. The molecule has 0 aliphatic carbocycles. The van der Waals surface area contributed by atoms with Gasteiger partial charge >= 0.3 is 0 Å². The summed E-state index contributed by atoms with van der Waals surface area (Å²) < 4.78 is 5.33. The fraction of sp³-hybridized carbons (Fsp3) is 0.833. The van der Waals surface area contributed by atoms with E-state index in [2.05, 4.69) is 37.6 Å². The summed E-state index contributed by atoms with van der Waals surface area (Å²) >= 11 is 0. The first-order chi connectivity index (χ1) is 6.70. The molecule has 1 fully saturated rings. The Morgan fingerprint density at radius 3 is 2.57 bits per heavy atom. The minimum Gasteiger partial charge on any atom is -0.381 e. The second kappa shape index (κ2) is 6.06. The summed E-state index contributed by atoms with van der Waals surface area (Å²) in [5, 5.41) is 0. The van der Waals surface area contributed by atoms with Gasteiger partial charge in [0.2, 0.25) is 0 Å². The van der Waals surface area contributed by atoms with E-state index in [1.807, 2.05) is 0 Å². The van der Waals surface area contributed by atoms with Crippen LogP contribution in [0.5, 0.6) is 0 Å². The lowest BCUT2D eigenvalue weighted by Gasteiger charge is -2.29. The van der Waals surface area contributed by atoms with Crippen molar-refractivity contribution in [3.63, 3.8) is 0 Å². The molecule has 2 heteroatoms. The molecule has 0 aromatic carbocycles. The molecule has 0 bridgehead atoms. The number of nitrogens with zero attached hydrogens (tertiary/aromatic N) is 1. The molecule has 1 aliphatic heterocycles. The maximum absolute atomic E-state index is 5.33. The Kier molecular flexibility index (Phi) is 5.00. The normalized spacial score (nSPS) is 18.4. The summed E-state index contributed by atoms with van der Waals surface area (Å²) in [6, 6.07) is 0.671. The quantitative estimate of drug-likeness (QED) is 0.622. The highest BCUT2D eigenvalue weighted by atomic mass is 16.5. The lowest BCUT2D eigenvalue weighted by Crippen LogP contribution is -2.36. The molecule has 0 aromatic heterocycles. The van der Waals surface area contributed by atoms with Crippen LogP contribution in [0.3, 0.4) is 0 Å². The number of ether oxygens (including phenoxy) is 1. The van der Waals surface area contributed by atoms with Gasteiger partial charge in [0.15, 0.2) is 0 Å². The standard InChI is InChI=1S/C12H21NO/c1-11(2)5-4-8-13(3)12-6-9-14-10-7-12/h11-12H,6-10H2,1-3H3. The van der Waals surface area contributed by atoms with Gasteiger partial charge < -0.3 is 4.74 Å². The predicted molar refractivity (Wildman–Crippen MR) is 59.1 cm³/mol. The van der Waals surface area contributed by atoms with Crippen LogP contribution in [-0.4, -0.2) is 37.7 Å². The average Bonchev–Trinajstić information content (AvgIpc) is 2.18. The van der Waals surface area contributed by atoms with Gasteiger partial charge in [0.05, 0.1) is 6.54 Å². The molecular weight excluding hydrogens is 174 g/mol. The Balaban J connectivity index is 2.27. The second-order valence-corrected chi connectivity index (χ2v) is 4.23. The first-order valence-electron chi connectivity index (χ1n) is 5.46. The van der Waals surface area contributed by atoms with Crippen LogP contribution in [-0.2, 0) is 4.74 Å². The summed E-state index contributed by atoms with van der Waals surface area (Å²) in [5.74, 6) is 6.89. The summed E-state index contributed by atoms with van der Waals surface area (Å²) in [7, 11) is 2.16. The van der Waals surface area contributed by atoms with Gasteiger partial charge in [-0.3, -0.25) is 4.90 Å². The highest BCUT2D eigenvalue weighted by Crippen LogP contribution is 2.11. The van der Waals surface area contributed by atoms with Crippen molar-refractivity contribution in [1.82, 2.24) is 4.90 Å². The van der Waals surface area contributed by atoms with Crippen molar-refractivity contribution >= 4 is 0 Å². The van der Waals surface area contributed by atoms with Crippen molar-refractivity contribution in [2.24, 2.45) is 5.92 Å². The summed E-state index contributed by atoms with van der Waals surface area (Å²) in [4.78, 5) is 2.35. The summed E-state index contributed by atoms with van der Waals surface area (Å²) in [6.07, 6.45) is 2.31. The van der Waals surface area contributed by atoms with Gasteiger partial charge in [0.1, 0.15) is 0 Å². The van der Waals surface area contributed by atoms with Crippen molar-refractivity contribution in [3.8, 4) is 11.8 Å². The molecule has 0 N–H and O–H groups in total. The molecule has 0 atom stereocenters. The molecule has 0 amide bonds. The highest BCUT2D eigenvalue weighted by Gasteiger charge is 2.16. The van der Waals surface area contributed by atoms with Gasteiger partial charge in [-0.15, -0.1) is 0 Å². The van der Waals surface area contributed by atoms with E-state index in [-0.39, 0.29) is 0 Å². The van der Waals surface area contributed by atoms with E-state index in [4.69, 9.17) is 4.74 Å². The van der Waals surface area contributed by atoms with E-state index in [1.54, 1.807) is 0 Å². The Morgan fingerprint density at radius 2 is 2.00 bits per heavy atom. The Labute approximate surface area is 87.6 Å². The average molecular weight is 195 g/mol. The van der Waals surface area contributed by atoms with Crippen molar-refractivity contribution in [2.45, 2.75) is 32.7 Å². The number of rotatable bonds is 2. The first kappa shape index (κ1) is 11.6. The zero-order valence-electron chi connectivity index (χ0n) is 9.55. The zero-order valence-corrected chi connectivity index (χ0v) is 9.55. The van der Waals surface area contributed by atoms with E-state index in [1.165, 1.54) is 0 Å². The topological polar surface area (TPSA) is 12.5 Å². The molecule has 1 heterocycles. The maximum Gasteiger partial charge on any atom is 0.0601 e. The largest absolute Gasteiger partial charge is 0.381 e. The molecule has 80 valence electrons. The van der Waals surface area contributed by atoms with Crippen LogP contribution in [0.1, 0.15) is 26.7 Å². The van der Waals surface area contributed by atoms with Crippen LogP contribution in [0.25, 0.3) is 0 Å². The first-order valence-corrected chi connectivity index (χ1v) is 5.46. The van der Waals surface area contributed by atoms with E-state index in [0.717, 1.165) is 32.6 Å². The van der Waals surface area contributed by atoms with Gasteiger partial charge in [-0.2, -0.15) is 0 Å². The Bertz CT molecular complexity index is 208. The van der Waals surface area contributed by atoms with Gasteiger partial charge in [-0.05, 0) is 19.9 Å². The third-order valence-electron chi connectivity index (χ3n) is 2.53. The lowest BCUT2D eigenvalue weighted by atomic mass is 10.1. The minimum atomic E-state index is 0.484. The Morgan fingerprint density at radius 1 is 1.36 bits per heavy atom. The molecule has 0 spiro atoms. The molecule has 14 heavy (non-hydrogen) atoms. The molecule has 0 unspecified atom stereocenters. The fourth-order valence-corrected chi connectivity index (χ4v) is 1.63. The molecule has 2 nitrogen and oxygen atoms in total. The third kappa shape index (κ3) is 4.13.